The van der Waals surface area contributed by atoms with Gasteiger partial charge in [0.15, 0.2) is 11.7 Å². The molecule has 0 spiro atoms. The minimum atomic E-state index is -0.371. The number of esters is 1. The molecule has 1 aliphatic heterocycles. The quantitative estimate of drug-likeness (QED) is 0.785. The number of nitrogens with zero attached hydrogens (tertiary/aromatic N) is 1. The van der Waals surface area contributed by atoms with Crippen LogP contribution in [0.1, 0.15) is 29.9 Å². The number of fused-ring (bicyclic) bond motifs is 1. The Bertz CT molecular complexity index is 469. The highest BCUT2D eigenvalue weighted by Crippen LogP contribution is 2.40. The standard InChI is InChI=1S/C12H15NO4S/c1-3-5-13-8-6-9(11(15)16-4-2)18-12(8)17-7-10(13)14/h6H,3-5,7H2,1-2H3. The lowest BCUT2D eigenvalue weighted by molar-refractivity contribution is -0.121. The zero-order chi connectivity index (χ0) is 13.1. The molecule has 1 amide bonds. The molecule has 0 N–H and O–H groups in total. The lowest BCUT2D eigenvalue weighted by Gasteiger charge is -2.26. The van der Waals surface area contributed by atoms with Crippen LogP contribution in [0.4, 0.5) is 5.69 Å². The summed E-state index contributed by atoms with van der Waals surface area (Å²) in [5.74, 6) is -0.443. The Labute approximate surface area is 109 Å². The monoisotopic (exact) mass is 269 g/mol. The summed E-state index contributed by atoms with van der Waals surface area (Å²) in [7, 11) is 0. The van der Waals surface area contributed by atoms with Gasteiger partial charge in [0.1, 0.15) is 4.88 Å². The number of carbonyl (C=O) groups is 2. The van der Waals surface area contributed by atoms with Crippen molar-refractivity contribution in [1.82, 2.24) is 0 Å². The fourth-order valence-electron chi connectivity index (χ4n) is 1.77. The summed E-state index contributed by atoms with van der Waals surface area (Å²) < 4.78 is 10.3. The molecule has 0 aliphatic carbocycles. The molecule has 5 nitrogen and oxygen atoms in total. The second-order valence-electron chi connectivity index (χ2n) is 3.84. The van der Waals surface area contributed by atoms with Crippen LogP contribution in [0, 0.1) is 0 Å². The Hall–Kier alpha value is -1.56. The zero-order valence-corrected chi connectivity index (χ0v) is 11.2. The van der Waals surface area contributed by atoms with Gasteiger partial charge >= 0.3 is 5.97 Å². The second-order valence-corrected chi connectivity index (χ2v) is 4.85. The first-order chi connectivity index (χ1) is 8.67. The Morgan fingerprint density at radius 3 is 3.00 bits per heavy atom. The normalized spacial score (nSPS) is 14.1. The Balaban J connectivity index is 2.29. The van der Waals surface area contributed by atoms with Crippen molar-refractivity contribution in [2.45, 2.75) is 20.3 Å². The van der Waals surface area contributed by atoms with Gasteiger partial charge < -0.3 is 14.4 Å². The summed E-state index contributed by atoms with van der Waals surface area (Å²) >= 11 is 1.22. The van der Waals surface area contributed by atoms with Crippen LogP contribution in [0.25, 0.3) is 0 Å². The van der Waals surface area contributed by atoms with E-state index >= 15 is 0 Å². The number of hydrogen-bond acceptors (Lipinski definition) is 5. The molecule has 0 bridgehead atoms. The summed E-state index contributed by atoms with van der Waals surface area (Å²) in [6.45, 7) is 4.76. The van der Waals surface area contributed by atoms with Crippen LogP contribution < -0.4 is 9.64 Å². The summed E-state index contributed by atoms with van der Waals surface area (Å²) in [4.78, 5) is 25.5. The van der Waals surface area contributed by atoms with Crippen molar-refractivity contribution >= 4 is 28.9 Å². The minimum absolute atomic E-state index is 0.0375. The largest absolute Gasteiger partial charge is 0.472 e. The van der Waals surface area contributed by atoms with E-state index in [1.807, 2.05) is 6.92 Å². The average Bonchev–Trinajstić information content (AvgIpc) is 2.77. The number of ether oxygens (including phenoxy) is 2. The molecule has 0 unspecified atom stereocenters. The number of rotatable bonds is 4. The maximum atomic E-state index is 11.7. The van der Waals surface area contributed by atoms with E-state index in [1.165, 1.54) is 11.3 Å². The lowest BCUT2D eigenvalue weighted by Crippen LogP contribution is -2.38. The third-order valence-corrected chi connectivity index (χ3v) is 3.54. The van der Waals surface area contributed by atoms with E-state index in [0.29, 0.717) is 28.8 Å². The second kappa shape index (κ2) is 5.39. The van der Waals surface area contributed by atoms with Gasteiger partial charge in [-0.2, -0.15) is 0 Å². The van der Waals surface area contributed by atoms with E-state index in [1.54, 1.807) is 17.9 Å². The molecule has 0 radical (unpaired) electrons. The van der Waals surface area contributed by atoms with Gasteiger partial charge in [0, 0.05) is 6.54 Å². The minimum Gasteiger partial charge on any atom is -0.472 e. The molecule has 18 heavy (non-hydrogen) atoms. The van der Waals surface area contributed by atoms with Crippen LogP contribution in [-0.2, 0) is 9.53 Å². The molecule has 0 saturated carbocycles. The van der Waals surface area contributed by atoms with Crippen molar-refractivity contribution in [2.24, 2.45) is 0 Å². The smallest absolute Gasteiger partial charge is 0.348 e. The van der Waals surface area contributed by atoms with Crippen LogP contribution in [-0.4, -0.2) is 31.6 Å². The Morgan fingerprint density at radius 1 is 1.56 bits per heavy atom. The molecule has 0 aromatic carbocycles. The summed E-state index contributed by atoms with van der Waals surface area (Å²) in [5.41, 5.74) is 0.682. The molecular formula is C12H15NO4S. The summed E-state index contributed by atoms with van der Waals surface area (Å²) in [6, 6.07) is 1.67. The van der Waals surface area contributed by atoms with Gasteiger partial charge in [-0.3, -0.25) is 4.79 Å². The van der Waals surface area contributed by atoms with E-state index in [9.17, 15) is 9.59 Å². The third-order valence-electron chi connectivity index (χ3n) is 2.52. The van der Waals surface area contributed by atoms with Gasteiger partial charge in [0.2, 0.25) is 0 Å². The predicted octanol–water partition coefficient (Wildman–Crippen LogP) is 2.06. The van der Waals surface area contributed by atoms with Crippen LogP contribution in [0.2, 0.25) is 0 Å². The first-order valence-corrected chi connectivity index (χ1v) is 6.73. The molecule has 2 rings (SSSR count). The molecule has 1 aromatic rings. The van der Waals surface area contributed by atoms with Gasteiger partial charge in [-0.05, 0) is 19.4 Å². The first-order valence-electron chi connectivity index (χ1n) is 5.91. The molecular weight excluding hydrogens is 254 g/mol. The molecule has 1 aromatic heterocycles. The van der Waals surface area contributed by atoms with Gasteiger partial charge in [-0.25, -0.2) is 4.79 Å². The number of thiophene rings is 1. The van der Waals surface area contributed by atoms with Crippen LogP contribution in [0.5, 0.6) is 5.06 Å². The summed E-state index contributed by atoms with van der Waals surface area (Å²) in [6.07, 6.45) is 0.857. The Kier molecular flexibility index (Phi) is 3.86. The third kappa shape index (κ3) is 2.33. The van der Waals surface area contributed by atoms with Gasteiger partial charge in [0.25, 0.3) is 5.91 Å². The molecule has 0 fully saturated rings. The predicted molar refractivity (Wildman–Crippen MR) is 68.4 cm³/mol. The van der Waals surface area contributed by atoms with Crippen molar-refractivity contribution < 1.29 is 19.1 Å². The SMILES string of the molecule is CCCN1C(=O)COc2sc(C(=O)OCC)cc21. The van der Waals surface area contributed by atoms with Gasteiger partial charge in [0.05, 0.1) is 12.3 Å². The highest BCUT2D eigenvalue weighted by atomic mass is 32.1. The molecule has 0 atom stereocenters. The molecule has 2 heterocycles. The molecule has 0 saturated heterocycles. The van der Waals surface area contributed by atoms with Crippen LogP contribution in [0.15, 0.2) is 6.07 Å². The van der Waals surface area contributed by atoms with Crippen molar-refractivity contribution in [1.29, 1.82) is 0 Å². The van der Waals surface area contributed by atoms with Crippen molar-refractivity contribution in [3.05, 3.63) is 10.9 Å². The number of hydrogen-bond donors (Lipinski definition) is 0. The lowest BCUT2D eigenvalue weighted by atomic mass is 10.3. The highest BCUT2D eigenvalue weighted by molar-refractivity contribution is 7.16. The topological polar surface area (TPSA) is 55.8 Å². The van der Waals surface area contributed by atoms with Crippen molar-refractivity contribution in [3.63, 3.8) is 0 Å². The van der Waals surface area contributed by atoms with Crippen LogP contribution >= 0.6 is 11.3 Å². The molecule has 98 valence electrons. The van der Waals surface area contributed by atoms with Crippen LogP contribution in [0.3, 0.4) is 0 Å². The van der Waals surface area contributed by atoms with Gasteiger partial charge in [-0.1, -0.05) is 18.3 Å². The summed E-state index contributed by atoms with van der Waals surface area (Å²) in [5, 5.41) is 0.617. The average molecular weight is 269 g/mol. The van der Waals surface area contributed by atoms with Gasteiger partial charge in [-0.15, -0.1) is 0 Å². The van der Waals surface area contributed by atoms with Crippen molar-refractivity contribution in [3.8, 4) is 5.06 Å². The van der Waals surface area contributed by atoms with E-state index in [4.69, 9.17) is 9.47 Å². The van der Waals surface area contributed by atoms with E-state index < -0.39 is 0 Å². The fourth-order valence-corrected chi connectivity index (χ4v) is 2.67. The zero-order valence-electron chi connectivity index (χ0n) is 10.4. The molecule has 1 aliphatic rings. The number of anilines is 1. The number of carbonyl (C=O) groups excluding carboxylic acids is 2. The number of amides is 1. The Morgan fingerprint density at radius 2 is 2.33 bits per heavy atom. The molecule has 6 heteroatoms. The maximum Gasteiger partial charge on any atom is 0.348 e. The maximum absolute atomic E-state index is 11.7. The first kappa shape index (κ1) is 12.9. The van der Waals surface area contributed by atoms with E-state index in [-0.39, 0.29) is 18.5 Å². The van der Waals surface area contributed by atoms with Crippen molar-refractivity contribution in [2.75, 3.05) is 24.7 Å². The highest BCUT2D eigenvalue weighted by Gasteiger charge is 2.29. The van der Waals surface area contributed by atoms with E-state index in [2.05, 4.69) is 0 Å². The van der Waals surface area contributed by atoms with E-state index in [0.717, 1.165) is 6.42 Å². The fraction of sp³-hybridized carbons (Fsp3) is 0.500.